The third-order valence-electron chi connectivity index (χ3n) is 3.17. The van der Waals surface area contributed by atoms with Gasteiger partial charge < -0.3 is 10.3 Å². The fourth-order valence-electron chi connectivity index (χ4n) is 2.24. The highest BCUT2D eigenvalue weighted by atomic mass is 35.5. The first kappa shape index (κ1) is 13.1. The lowest BCUT2D eigenvalue weighted by atomic mass is 10.1. The first-order valence-electron chi connectivity index (χ1n) is 5.80. The third-order valence-corrected chi connectivity index (χ3v) is 3.17. The number of hydrogen-bond donors (Lipinski definition) is 1. The molecule has 0 amide bonds. The number of fused-ring (bicyclic) bond motifs is 1. The number of aryl methyl sites for hydroxylation is 1. The molecule has 1 aliphatic rings. The maximum absolute atomic E-state index is 13.1. The zero-order valence-corrected chi connectivity index (χ0v) is 10.7. The minimum Gasteiger partial charge on any atom is -0.334 e. The summed E-state index contributed by atoms with van der Waals surface area (Å²) >= 11 is 0. The Morgan fingerprint density at radius 3 is 3.00 bits per heavy atom. The van der Waals surface area contributed by atoms with Crippen molar-refractivity contribution in [2.75, 3.05) is 0 Å². The van der Waals surface area contributed by atoms with Gasteiger partial charge in [-0.25, -0.2) is 9.37 Å². The highest BCUT2D eigenvalue weighted by Crippen LogP contribution is 2.22. The van der Waals surface area contributed by atoms with Crippen LogP contribution >= 0.6 is 12.4 Å². The number of nitrogens with zero attached hydrogens (tertiary/aromatic N) is 2. The third kappa shape index (κ3) is 2.40. The lowest BCUT2D eigenvalue weighted by molar-refractivity contribution is 0.463. The SMILES string of the molecule is Cl.NC1CCn2cc(-c3cccc(F)c3)nc2C1. The van der Waals surface area contributed by atoms with Crippen molar-refractivity contribution in [2.24, 2.45) is 5.73 Å². The van der Waals surface area contributed by atoms with Gasteiger partial charge in [0, 0.05) is 30.8 Å². The maximum Gasteiger partial charge on any atom is 0.123 e. The molecule has 2 aromatic rings. The van der Waals surface area contributed by atoms with Crippen LogP contribution in [-0.4, -0.2) is 15.6 Å². The van der Waals surface area contributed by atoms with Crippen LogP contribution in [0.5, 0.6) is 0 Å². The van der Waals surface area contributed by atoms with Gasteiger partial charge in [0.05, 0.1) is 5.69 Å². The van der Waals surface area contributed by atoms with Gasteiger partial charge in [-0.05, 0) is 18.6 Å². The second-order valence-corrected chi connectivity index (χ2v) is 4.50. The lowest BCUT2D eigenvalue weighted by Gasteiger charge is -2.18. The van der Waals surface area contributed by atoms with E-state index in [0.29, 0.717) is 0 Å². The topological polar surface area (TPSA) is 43.8 Å². The van der Waals surface area contributed by atoms with E-state index in [4.69, 9.17) is 5.73 Å². The van der Waals surface area contributed by atoms with Gasteiger partial charge in [-0.15, -0.1) is 12.4 Å². The number of rotatable bonds is 1. The molecule has 1 aliphatic heterocycles. The first-order valence-corrected chi connectivity index (χ1v) is 5.80. The van der Waals surface area contributed by atoms with Gasteiger partial charge in [-0.2, -0.15) is 0 Å². The second-order valence-electron chi connectivity index (χ2n) is 4.50. The van der Waals surface area contributed by atoms with Crippen LogP contribution in [0.2, 0.25) is 0 Å². The Kier molecular flexibility index (Phi) is 3.68. The van der Waals surface area contributed by atoms with Crippen LogP contribution in [0.1, 0.15) is 12.2 Å². The lowest BCUT2D eigenvalue weighted by Crippen LogP contribution is -2.30. The molecule has 3 rings (SSSR count). The molecule has 18 heavy (non-hydrogen) atoms. The molecule has 0 bridgehead atoms. The molecule has 0 saturated carbocycles. The van der Waals surface area contributed by atoms with Crippen molar-refractivity contribution in [1.82, 2.24) is 9.55 Å². The monoisotopic (exact) mass is 267 g/mol. The minimum absolute atomic E-state index is 0. The molecule has 1 aromatic carbocycles. The van der Waals surface area contributed by atoms with Crippen LogP contribution in [0.15, 0.2) is 30.5 Å². The predicted octanol–water partition coefficient (Wildman–Crippen LogP) is 2.38. The van der Waals surface area contributed by atoms with Crippen molar-refractivity contribution in [3.05, 3.63) is 42.1 Å². The summed E-state index contributed by atoms with van der Waals surface area (Å²) in [5, 5.41) is 0. The van der Waals surface area contributed by atoms with Crippen LogP contribution in [-0.2, 0) is 13.0 Å². The van der Waals surface area contributed by atoms with Gasteiger partial charge >= 0.3 is 0 Å². The Morgan fingerprint density at radius 2 is 2.22 bits per heavy atom. The van der Waals surface area contributed by atoms with E-state index in [-0.39, 0.29) is 24.3 Å². The van der Waals surface area contributed by atoms with E-state index in [2.05, 4.69) is 9.55 Å². The summed E-state index contributed by atoms with van der Waals surface area (Å²) in [6.07, 6.45) is 3.76. The van der Waals surface area contributed by atoms with Crippen LogP contribution in [0, 0.1) is 5.82 Å². The molecule has 96 valence electrons. The Hall–Kier alpha value is -1.39. The number of benzene rings is 1. The number of hydrogen-bond acceptors (Lipinski definition) is 2. The van der Waals surface area contributed by atoms with Crippen molar-refractivity contribution in [1.29, 1.82) is 0 Å². The molecular weight excluding hydrogens is 253 g/mol. The van der Waals surface area contributed by atoms with Crippen LogP contribution in [0.25, 0.3) is 11.3 Å². The van der Waals surface area contributed by atoms with E-state index >= 15 is 0 Å². The molecular formula is C13H15ClFN3. The summed E-state index contributed by atoms with van der Waals surface area (Å²) in [5.74, 6) is 0.771. The molecule has 0 fully saturated rings. The second kappa shape index (κ2) is 5.08. The van der Waals surface area contributed by atoms with Gasteiger partial charge in [0.15, 0.2) is 0 Å². The van der Waals surface area contributed by atoms with Gasteiger partial charge in [0.2, 0.25) is 0 Å². The summed E-state index contributed by atoms with van der Waals surface area (Å²) in [6.45, 7) is 0.902. The fourth-order valence-corrected chi connectivity index (χ4v) is 2.24. The van der Waals surface area contributed by atoms with Crippen molar-refractivity contribution in [3.8, 4) is 11.3 Å². The molecule has 5 heteroatoms. The van der Waals surface area contributed by atoms with Gasteiger partial charge in [-0.1, -0.05) is 12.1 Å². The first-order chi connectivity index (χ1) is 8.22. The Bertz CT molecular complexity index is 553. The Labute approximate surface area is 111 Å². The molecule has 0 spiro atoms. The number of aromatic nitrogens is 2. The zero-order valence-electron chi connectivity index (χ0n) is 9.84. The average molecular weight is 268 g/mol. The molecule has 3 nitrogen and oxygen atoms in total. The van der Waals surface area contributed by atoms with Crippen LogP contribution in [0.4, 0.5) is 4.39 Å². The molecule has 2 N–H and O–H groups in total. The molecule has 0 radical (unpaired) electrons. The largest absolute Gasteiger partial charge is 0.334 e. The van der Waals surface area contributed by atoms with Crippen molar-refractivity contribution in [3.63, 3.8) is 0 Å². The van der Waals surface area contributed by atoms with Crippen LogP contribution < -0.4 is 5.73 Å². The molecule has 1 atom stereocenters. The van der Waals surface area contributed by atoms with E-state index in [9.17, 15) is 4.39 Å². The van der Waals surface area contributed by atoms with Crippen molar-refractivity contribution >= 4 is 12.4 Å². The Balaban J connectivity index is 0.00000120. The zero-order chi connectivity index (χ0) is 11.8. The molecule has 1 unspecified atom stereocenters. The van der Waals surface area contributed by atoms with Gasteiger partial charge in [0.1, 0.15) is 11.6 Å². The van der Waals surface area contributed by atoms with Gasteiger partial charge in [-0.3, -0.25) is 0 Å². The number of nitrogens with two attached hydrogens (primary N) is 1. The molecule has 0 saturated heterocycles. The van der Waals surface area contributed by atoms with Crippen molar-refractivity contribution < 1.29 is 4.39 Å². The van der Waals surface area contributed by atoms with E-state index in [1.165, 1.54) is 12.1 Å². The molecule has 0 aliphatic carbocycles. The highest BCUT2D eigenvalue weighted by Gasteiger charge is 2.18. The highest BCUT2D eigenvalue weighted by molar-refractivity contribution is 5.85. The van der Waals surface area contributed by atoms with Crippen molar-refractivity contribution in [2.45, 2.75) is 25.4 Å². The molecule has 2 heterocycles. The van der Waals surface area contributed by atoms with Gasteiger partial charge in [0.25, 0.3) is 0 Å². The summed E-state index contributed by atoms with van der Waals surface area (Å²) in [7, 11) is 0. The quantitative estimate of drug-likeness (QED) is 0.862. The van der Waals surface area contributed by atoms with E-state index < -0.39 is 0 Å². The Morgan fingerprint density at radius 1 is 1.39 bits per heavy atom. The van der Waals surface area contributed by atoms with Crippen LogP contribution in [0.3, 0.4) is 0 Å². The summed E-state index contributed by atoms with van der Waals surface area (Å²) in [6, 6.07) is 6.72. The summed E-state index contributed by atoms with van der Waals surface area (Å²) < 4.78 is 15.3. The summed E-state index contributed by atoms with van der Waals surface area (Å²) in [5.41, 5.74) is 7.56. The van der Waals surface area contributed by atoms with E-state index in [1.807, 2.05) is 12.3 Å². The number of imidazole rings is 1. The predicted molar refractivity (Wildman–Crippen MR) is 71.2 cm³/mol. The number of halogens is 2. The average Bonchev–Trinajstić information content (AvgIpc) is 2.72. The normalized spacial score (nSPS) is 18.0. The fraction of sp³-hybridized carbons (Fsp3) is 0.308. The smallest absolute Gasteiger partial charge is 0.123 e. The standard InChI is InChI=1S/C13H14FN3.ClH/c14-10-3-1-2-9(6-10)12-8-17-5-4-11(15)7-13(17)16-12;/h1-3,6,8,11H,4-5,7,15H2;1H. The van der Waals surface area contributed by atoms with E-state index in [0.717, 1.165) is 36.5 Å². The molecule has 1 aromatic heterocycles. The summed E-state index contributed by atoms with van der Waals surface area (Å²) in [4.78, 5) is 4.53. The minimum atomic E-state index is -0.231. The van der Waals surface area contributed by atoms with E-state index in [1.54, 1.807) is 6.07 Å². The maximum atomic E-state index is 13.1.